The van der Waals surface area contributed by atoms with Crippen molar-refractivity contribution in [3.8, 4) is 0 Å². The van der Waals surface area contributed by atoms with E-state index in [-0.39, 0.29) is 24.3 Å². The highest BCUT2D eigenvalue weighted by Gasteiger charge is 2.32. The van der Waals surface area contributed by atoms with Crippen molar-refractivity contribution in [2.75, 3.05) is 24.6 Å². The highest BCUT2D eigenvalue weighted by molar-refractivity contribution is 6.08. The average molecular weight is 438 g/mol. The number of anilines is 1. The summed E-state index contributed by atoms with van der Waals surface area (Å²) in [6.45, 7) is 5.06. The Balaban J connectivity index is 1.63. The number of piperidine rings is 1. The quantitative estimate of drug-likeness (QED) is 0.491. The molecule has 2 aliphatic rings. The topological polar surface area (TPSA) is 104 Å². The molecule has 1 amide bonds. The molecule has 0 bridgehead atoms. The third-order valence-corrected chi connectivity index (χ3v) is 6.83. The molecule has 1 aromatic heterocycles. The van der Waals surface area contributed by atoms with Gasteiger partial charge in [0.15, 0.2) is 0 Å². The lowest BCUT2D eigenvalue weighted by molar-refractivity contribution is -0.115. The van der Waals surface area contributed by atoms with Gasteiger partial charge in [-0.3, -0.25) is 4.79 Å². The molecule has 7 heteroatoms. The number of pyridine rings is 1. The maximum atomic E-state index is 11.6. The van der Waals surface area contributed by atoms with Crippen molar-refractivity contribution in [3.05, 3.63) is 35.4 Å². The van der Waals surface area contributed by atoms with E-state index in [9.17, 15) is 9.90 Å². The molecule has 2 heterocycles. The normalized spacial score (nSPS) is 23.0. The maximum absolute atomic E-state index is 11.6. The largest absolute Gasteiger partial charge is 0.396 e. The molecule has 1 saturated carbocycles. The van der Waals surface area contributed by atoms with Crippen molar-refractivity contribution in [1.29, 1.82) is 0 Å². The van der Waals surface area contributed by atoms with Crippen molar-refractivity contribution >= 4 is 28.5 Å². The first-order valence-corrected chi connectivity index (χ1v) is 11.8. The molecular formula is C25H35N5O2. The van der Waals surface area contributed by atoms with Crippen LogP contribution in [0.1, 0.15) is 56.6 Å². The number of fused-ring (bicyclic) bond motifs is 1. The second-order valence-electron chi connectivity index (χ2n) is 9.36. The minimum Gasteiger partial charge on any atom is -0.396 e. The number of amides is 1. The minimum absolute atomic E-state index is 0.111. The number of aromatic nitrogens is 1. The van der Waals surface area contributed by atoms with E-state index in [0.717, 1.165) is 35.2 Å². The Morgan fingerprint density at radius 2 is 2.03 bits per heavy atom. The number of nitrogens with one attached hydrogen (secondary N) is 1. The van der Waals surface area contributed by atoms with Crippen molar-refractivity contribution < 1.29 is 9.90 Å². The molecule has 1 aliphatic carbocycles. The van der Waals surface area contributed by atoms with E-state index in [1.807, 2.05) is 25.1 Å². The maximum Gasteiger partial charge on any atom is 0.244 e. The Bertz CT molecular complexity index is 999. The highest BCUT2D eigenvalue weighted by atomic mass is 16.3. The fourth-order valence-electron chi connectivity index (χ4n) is 5.15. The Morgan fingerprint density at radius 1 is 1.25 bits per heavy atom. The first kappa shape index (κ1) is 22.7. The molecule has 172 valence electrons. The van der Waals surface area contributed by atoms with Crippen molar-refractivity contribution in [3.63, 3.8) is 0 Å². The number of aliphatic imine (C=N–C) groups is 1. The Labute approximate surface area is 190 Å². The number of benzene rings is 1. The predicted molar refractivity (Wildman–Crippen MR) is 129 cm³/mol. The smallest absolute Gasteiger partial charge is 0.244 e. The summed E-state index contributed by atoms with van der Waals surface area (Å²) in [5.74, 6) is 0.700. The predicted octanol–water partition coefficient (Wildman–Crippen LogP) is 2.90. The fraction of sp³-hybridized carbons (Fsp3) is 0.560. The minimum atomic E-state index is -0.332. The van der Waals surface area contributed by atoms with E-state index < -0.39 is 0 Å². The van der Waals surface area contributed by atoms with Crippen molar-refractivity contribution in [2.24, 2.45) is 16.6 Å². The van der Waals surface area contributed by atoms with Gasteiger partial charge in [0, 0.05) is 50.0 Å². The van der Waals surface area contributed by atoms with Gasteiger partial charge in [-0.15, -0.1) is 0 Å². The lowest BCUT2D eigenvalue weighted by Gasteiger charge is -2.41. The summed E-state index contributed by atoms with van der Waals surface area (Å²) in [7, 11) is 0. The van der Waals surface area contributed by atoms with Crippen LogP contribution in [-0.2, 0) is 4.79 Å². The van der Waals surface area contributed by atoms with E-state index in [4.69, 9.17) is 10.7 Å². The summed E-state index contributed by atoms with van der Waals surface area (Å²) < 4.78 is 0. The number of nitrogens with zero attached hydrogens (tertiary/aromatic N) is 3. The van der Waals surface area contributed by atoms with Crippen molar-refractivity contribution in [1.82, 2.24) is 10.3 Å². The summed E-state index contributed by atoms with van der Waals surface area (Å²) in [4.78, 5) is 22.7. The molecule has 2 unspecified atom stereocenters. The molecule has 7 nitrogen and oxygen atoms in total. The van der Waals surface area contributed by atoms with E-state index >= 15 is 0 Å². The summed E-state index contributed by atoms with van der Waals surface area (Å²) in [5, 5.41) is 15.0. The Hall–Kier alpha value is -2.51. The first-order valence-electron chi connectivity index (χ1n) is 11.8. The average Bonchev–Trinajstić information content (AvgIpc) is 2.78. The summed E-state index contributed by atoms with van der Waals surface area (Å²) in [6, 6.07) is 8.96. The van der Waals surface area contributed by atoms with Crippen LogP contribution in [0.3, 0.4) is 0 Å². The third-order valence-electron chi connectivity index (χ3n) is 6.83. The molecule has 1 aromatic carbocycles. The summed E-state index contributed by atoms with van der Waals surface area (Å²) in [6.07, 6.45) is 7.30. The number of aliphatic hydroxyl groups is 1. The zero-order valence-corrected chi connectivity index (χ0v) is 19.2. The van der Waals surface area contributed by atoms with Gasteiger partial charge in [0.25, 0.3) is 0 Å². The number of aryl methyl sites for hydroxylation is 1. The zero-order chi connectivity index (χ0) is 22.7. The number of aliphatic hydroxyl groups excluding tert-OH is 1. The monoisotopic (exact) mass is 437 g/mol. The molecular weight excluding hydrogens is 402 g/mol. The number of amidine groups is 1. The number of hydrogen-bond acceptors (Lipinski definition) is 5. The van der Waals surface area contributed by atoms with Crippen LogP contribution in [0.4, 0.5) is 5.82 Å². The lowest BCUT2D eigenvalue weighted by atomic mass is 9.89. The van der Waals surface area contributed by atoms with Gasteiger partial charge in [-0.05, 0) is 44.4 Å². The van der Waals surface area contributed by atoms with Crippen LogP contribution < -0.4 is 16.0 Å². The highest BCUT2D eigenvalue weighted by Crippen LogP contribution is 2.29. The van der Waals surface area contributed by atoms with Gasteiger partial charge in [0.1, 0.15) is 11.7 Å². The molecule has 4 rings (SSSR count). The second kappa shape index (κ2) is 9.96. The number of hydrogen-bond donors (Lipinski definition) is 3. The van der Waals surface area contributed by atoms with Gasteiger partial charge in [-0.2, -0.15) is 4.99 Å². The van der Waals surface area contributed by atoms with Crippen LogP contribution in [0.15, 0.2) is 29.3 Å². The van der Waals surface area contributed by atoms with Crippen LogP contribution in [0.25, 0.3) is 10.9 Å². The van der Waals surface area contributed by atoms with Gasteiger partial charge in [0.2, 0.25) is 5.91 Å². The van der Waals surface area contributed by atoms with E-state index in [1.54, 1.807) is 0 Å². The zero-order valence-electron chi connectivity index (χ0n) is 19.2. The van der Waals surface area contributed by atoms with Gasteiger partial charge < -0.3 is 21.1 Å². The molecule has 0 spiro atoms. The first-order chi connectivity index (χ1) is 15.4. The Kier molecular flexibility index (Phi) is 7.06. The molecule has 1 saturated heterocycles. The van der Waals surface area contributed by atoms with Gasteiger partial charge >= 0.3 is 0 Å². The molecule has 2 aromatic rings. The molecule has 4 N–H and O–H groups in total. The standard InChI is InChI=1S/C25H35N5O2/c1-16-8-9-22-18(12-16)13-21(24(26)27-17(2)32)25(29-22)30-11-10-23(19(14-30)15-31)28-20-6-4-3-5-7-20/h8-9,12-13,19-20,23,28,31H,3-7,10-11,14-15H2,1-2H3,(H2,26,27,32). The van der Waals surface area contributed by atoms with Crippen LogP contribution >= 0.6 is 0 Å². The third kappa shape index (κ3) is 5.10. The van der Waals surface area contributed by atoms with Crippen LogP contribution in [-0.4, -0.2) is 53.6 Å². The molecule has 32 heavy (non-hydrogen) atoms. The number of carbonyl (C=O) groups is 1. The van der Waals surface area contributed by atoms with Gasteiger partial charge in [0.05, 0.1) is 11.1 Å². The summed E-state index contributed by atoms with van der Waals surface area (Å²) >= 11 is 0. The SMILES string of the molecule is CC(=O)N=C(N)c1cc2cc(C)ccc2nc1N1CCC(NC2CCCCC2)C(CO)C1. The lowest BCUT2D eigenvalue weighted by Crippen LogP contribution is -2.54. The fourth-order valence-corrected chi connectivity index (χ4v) is 5.15. The van der Waals surface area contributed by atoms with Crippen molar-refractivity contribution in [2.45, 2.75) is 64.5 Å². The molecule has 0 radical (unpaired) electrons. The Morgan fingerprint density at radius 3 is 2.75 bits per heavy atom. The van der Waals surface area contributed by atoms with Gasteiger partial charge in [-0.25, -0.2) is 4.98 Å². The van der Waals surface area contributed by atoms with E-state index in [0.29, 0.717) is 24.2 Å². The number of nitrogens with two attached hydrogens (primary N) is 1. The van der Waals surface area contributed by atoms with Crippen LogP contribution in [0.5, 0.6) is 0 Å². The van der Waals surface area contributed by atoms with Gasteiger partial charge in [-0.1, -0.05) is 30.9 Å². The molecule has 1 aliphatic heterocycles. The number of rotatable bonds is 5. The van der Waals surface area contributed by atoms with E-state index in [1.165, 1.54) is 39.0 Å². The van der Waals surface area contributed by atoms with Crippen LogP contribution in [0.2, 0.25) is 0 Å². The molecule has 2 fully saturated rings. The second-order valence-corrected chi connectivity index (χ2v) is 9.36. The summed E-state index contributed by atoms with van der Waals surface area (Å²) in [5.41, 5.74) is 8.94. The molecule has 2 atom stereocenters. The number of carbonyl (C=O) groups excluding carboxylic acids is 1. The van der Waals surface area contributed by atoms with E-state index in [2.05, 4.69) is 21.3 Å². The van der Waals surface area contributed by atoms with Crippen LogP contribution in [0, 0.1) is 12.8 Å².